The van der Waals surface area contributed by atoms with Crippen molar-refractivity contribution in [2.24, 2.45) is 0 Å². The summed E-state index contributed by atoms with van der Waals surface area (Å²) >= 11 is 0. The summed E-state index contributed by atoms with van der Waals surface area (Å²) in [5.41, 5.74) is 3.70. The molecule has 0 saturated heterocycles. The monoisotopic (exact) mass is 404 g/mol. The Balaban J connectivity index is 1.21. The van der Waals surface area contributed by atoms with Gasteiger partial charge in [0.1, 0.15) is 5.82 Å². The zero-order valence-corrected chi connectivity index (χ0v) is 17.5. The lowest BCUT2D eigenvalue weighted by Crippen LogP contribution is -2.49. The third-order valence-corrected chi connectivity index (χ3v) is 5.81. The fourth-order valence-corrected chi connectivity index (χ4v) is 4.10. The molecule has 1 aliphatic rings. The van der Waals surface area contributed by atoms with Gasteiger partial charge in [0, 0.05) is 50.3 Å². The van der Waals surface area contributed by atoms with Crippen LogP contribution < -0.4 is 16.0 Å². The molecule has 2 heterocycles. The summed E-state index contributed by atoms with van der Waals surface area (Å²) < 4.78 is 0. The summed E-state index contributed by atoms with van der Waals surface area (Å²) in [5, 5.41) is 10.9. The first-order valence-corrected chi connectivity index (χ1v) is 11.0. The summed E-state index contributed by atoms with van der Waals surface area (Å²) in [4.78, 5) is 11.8. The van der Waals surface area contributed by atoms with Crippen LogP contribution in [-0.2, 0) is 26.2 Å². The third-order valence-electron chi connectivity index (χ3n) is 5.81. The van der Waals surface area contributed by atoms with E-state index in [0.29, 0.717) is 12.1 Å². The Morgan fingerprint density at radius 2 is 1.50 bits per heavy atom. The number of aromatic nitrogens is 3. The number of imidazole rings is 1. The Labute approximate surface area is 178 Å². The molecule has 158 valence electrons. The molecule has 1 fully saturated rings. The molecular weight excluding hydrogens is 372 g/mol. The molecule has 2 atom stereocenters. The molecule has 0 radical (unpaired) electrons. The van der Waals surface area contributed by atoms with Crippen LogP contribution in [-0.4, -0.2) is 27.0 Å². The van der Waals surface area contributed by atoms with Crippen LogP contribution in [0.4, 0.5) is 0 Å². The lowest BCUT2D eigenvalue weighted by molar-refractivity contribution is 0.280. The Morgan fingerprint density at radius 1 is 0.767 bits per heavy atom. The number of H-pyrrole nitrogens is 1. The molecule has 0 aliphatic heterocycles. The molecule has 0 spiro atoms. The number of hydrogen-bond acceptors (Lipinski definition) is 5. The van der Waals surface area contributed by atoms with Crippen LogP contribution in [0.15, 0.2) is 61.1 Å². The molecule has 6 nitrogen and oxygen atoms in total. The summed E-state index contributed by atoms with van der Waals surface area (Å²) in [7, 11) is 0. The van der Waals surface area contributed by atoms with Gasteiger partial charge in [0.05, 0.1) is 12.2 Å². The van der Waals surface area contributed by atoms with E-state index in [1.54, 1.807) is 0 Å². The molecule has 0 bridgehead atoms. The number of rotatable bonds is 10. The van der Waals surface area contributed by atoms with Crippen molar-refractivity contribution in [2.45, 2.75) is 63.9 Å². The van der Waals surface area contributed by atoms with E-state index in [0.717, 1.165) is 37.7 Å². The average molecular weight is 405 g/mol. The fraction of sp³-hybridized carbons (Fsp3) is 0.417. The average Bonchev–Trinajstić information content (AvgIpc) is 3.32. The highest BCUT2D eigenvalue weighted by Crippen LogP contribution is 2.19. The number of aromatic amines is 1. The van der Waals surface area contributed by atoms with E-state index in [4.69, 9.17) is 0 Å². The van der Waals surface area contributed by atoms with Gasteiger partial charge in [-0.3, -0.25) is 4.98 Å². The zero-order valence-electron chi connectivity index (χ0n) is 17.5. The maximum Gasteiger partial charge on any atom is 0.120 e. The highest BCUT2D eigenvalue weighted by atomic mass is 15.0. The standard InChI is InChI=1S/C24H32N6/c1-2-7-23(30-18-24-27-13-14-28-24)22(6-1)29-16-20-10-8-19(9-11-20)15-25-17-21-5-3-4-12-26-21/h3-5,8-14,22-23,25,29-30H,1-2,6-7,15-18H2,(H,27,28)/t22-,23+/m1/s1. The number of pyridine rings is 1. The van der Waals surface area contributed by atoms with Crippen LogP contribution >= 0.6 is 0 Å². The number of benzene rings is 1. The second-order valence-corrected chi connectivity index (χ2v) is 8.04. The number of nitrogens with zero attached hydrogens (tertiary/aromatic N) is 2. The van der Waals surface area contributed by atoms with Gasteiger partial charge in [-0.2, -0.15) is 0 Å². The van der Waals surface area contributed by atoms with Gasteiger partial charge in [-0.1, -0.05) is 43.2 Å². The van der Waals surface area contributed by atoms with E-state index >= 15 is 0 Å². The summed E-state index contributed by atoms with van der Waals surface area (Å²) in [6, 6.07) is 15.9. The molecule has 30 heavy (non-hydrogen) atoms. The van der Waals surface area contributed by atoms with E-state index in [1.807, 2.05) is 36.8 Å². The van der Waals surface area contributed by atoms with Crippen molar-refractivity contribution in [3.8, 4) is 0 Å². The SMILES string of the molecule is c1ccc(CNCc2ccc(CN[C@@H]3CCCC[C@@H]3NCc3ncc[nH]3)cc2)nc1. The lowest BCUT2D eigenvalue weighted by Gasteiger charge is -2.33. The van der Waals surface area contributed by atoms with Gasteiger partial charge < -0.3 is 20.9 Å². The number of hydrogen-bond donors (Lipinski definition) is 4. The molecule has 6 heteroatoms. The third kappa shape index (κ3) is 6.23. The maximum atomic E-state index is 4.35. The largest absolute Gasteiger partial charge is 0.348 e. The van der Waals surface area contributed by atoms with Crippen molar-refractivity contribution in [3.05, 3.63) is 83.7 Å². The first-order valence-electron chi connectivity index (χ1n) is 11.0. The quantitative estimate of drug-likeness (QED) is 0.417. The van der Waals surface area contributed by atoms with Gasteiger partial charge in [0.2, 0.25) is 0 Å². The molecule has 3 aromatic rings. The van der Waals surface area contributed by atoms with Crippen molar-refractivity contribution in [3.63, 3.8) is 0 Å². The smallest absolute Gasteiger partial charge is 0.120 e. The van der Waals surface area contributed by atoms with Gasteiger partial charge in [0.15, 0.2) is 0 Å². The molecular formula is C24H32N6. The molecule has 4 N–H and O–H groups in total. The molecule has 0 unspecified atom stereocenters. The first kappa shape index (κ1) is 20.7. The van der Waals surface area contributed by atoms with Gasteiger partial charge in [-0.05, 0) is 36.1 Å². The second-order valence-electron chi connectivity index (χ2n) is 8.04. The minimum Gasteiger partial charge on any atom is -0.348 e. The van der Waals surface area contributed by atoms with Crippen molar-refractivity contribution in [1.29, 1.82) is 0 Å². The molecule has 1 aliphatic carbocycles. The second kappa shape index (κ2) is 11.0. The highest BCUT2D eigenvalue weighted by Gasteiger charge is 2.24. The van der Waals surface area contributed by atoms with Gasteiger partial charge in [-0.25, -0.2) is 4.98 Å². The molecule has 2 aromatic heterocycles. The van der Waals surface area contributed by atoms with Gasteiger partial charge >= 0.3 is 0 Å². The van der Waals surface area contributed by atoms with Crippen LogP contribution in [0.3, 0.4) is 0 Å². The Bertz CT molecular complexity index is 847. The van der Waals surface area contributed by atoms with Crippen LogP contribution in [0.1, 0.15) is 48.3 Å². The predicted molar refractivity (Wildman–Crippen MR) is 120 cm³/mol. The topological polar surface area (TPSA) is 77.7 Å². The molecule has 4 rings (SSSR count). The minimum absolute atomic E-state index is 0.499. The minimum atomic E-state index is 0.499. The van der Waals surface area contributed by atoms with Crippen molar-refractivity contribution in [2.75, 3.05) is 0 Å². The van der Waals surface area contributed by atoms with Gasteiger partial charge in [0.25, 0.3) is 0 Å². The van der Waals surface area contributed by atoms with Crippen LogP contribution in [0.5, 0.6) is 0 Å². The molecule has 1 saturated carbocycles. The predicted octanol–water partition coefficient (Wildman–Crippen LogP) is 3.29. The highest BCUT2D eigenvalue weighted by molar-refractivity contribution is 5.22. The van der Waals surface area contributed by atoms with Crippen molar-refractivity contribution in [1.82, 2.24) is 30.9 Å². The van der Waals surface area contributed by atoms with Crippen LogP contribution in [0, 0.1) is 0 Å². The summed E-state index contributed by atoms with van der Waals surface area (Å²) in [5.74, 6) is 1.01. The molecule has 1 aromatic carbocycles. The van der Waals surface area contributed by atoms with Gasteiger partial charge in [-0.15, -0.1) is 0 Å². The lowest BCUT2D eigenvalue weighted by atomic mass is 9.90. The van der Waals surface area contributed by atoms with E-state index < -0.39 is 0 Å². The Morgan fingerprint density at radius 3 is 2.17 bits per heavy atom. The van der Waals surface area contributed by atoms with E-state index in [2.05, 4.69) is 55.2 Å². The number of nitrogens with one attached hydrogen (secondary N) is 4. The van der Waals surface area contributed by atoms with E-state index in [1.165, 1.54) is 36.8 Å². The Hall–Kier alpha value is -2.54. The van der Waals surface area contributed by atoms with Crippen molar-refractivity contribution >= 4 is 0 Å². The summed E-state index contributed by atoms with van der Waals surface area (Å²) in [6.45, 7) is 3.35. The summed E-state index contributed by atoms with van der Waals surface area (Å²) in [6.07, 6.45) is 10.6. The zero-order chi connectivity index (χ0) is 20.4. The fourth-order valence-electron chi connectivity index (χ4n) is 4.10. The Kier molecular flexibility index (Phi) is 7.61. The van der Waals surface area contributed by atoms with Crippen molar-refractivity contribution < 1.29 is 0 Å². The normalized spacial score (nSPS) is 19.1. The maximum absolute atomic E-state index is 4.35. The van der Waals surface area contributed by atoms with E-state index in [9.17, 15) is 0 Å². The van der Waals surface area contributed by atoms with Crippen LogP contribution in [0.25, 0.3) is 0 Å². The van der Waals surface area contributed by atoms with Crippen LogP contribution in [0.2, 0.25) is 0 Å². The first-order chi connectivity index (χ1) is 14.9. The molecule has 0 amide bonds. The van der Waals surface area contributed by atoms with E-state index in [-0.39, 0.29) is 0 Å².